The Morgan fingerprint density at radius 3 is 2.17 bits per heavy atom. The minimum Gasteiger partial charge on any atom is -0.496 e. The molecule has 0 aliphatic carbocycles. The van der Waals surface area contributed by atoms with Crippen LogP contribution in [0.3, 0.4) is 0 Å². The molecule has 0 N–H and O–H groups in total. The highest BCUT2D eigenvalue weighted by Gasteiger charge is 2.19. The summed E-state index contributed by atoms with van der Waals surface area (Å²) in [5, 5.41) is 0. The van der Waals surface area contributed by atoms with E-state index in [4.69, 9.17) is 18.9 Å². The molecule has 0 aliphatic rings. The zero-order valence-electron chi connectivity index (χ0n) is 13.7. The van der Waals surface area contributed by atoms with Gasteiger partial charge >= 0.3 is 5.97 Å². The van der Waals surface area contributed by atoms with Gasteiger partial charge in [-0.15, -0.1) is 0 Å². The van der Waals surface area contributed by atoms with Crippen molar-refractivity contribution in [2.45, 2.75) is 13.5 Å². The van der Waals surface area contributed by atoms with E-state index in [-0.39, 0.29) is 12.2 Å². The van der Waals surface area contributed by atoms with Crippen LogP contribution in [0.1, 0.15) is 21.5 Å². The second-order valence-electron chi connectivity index (χ2n) is 4.97. The van der Waals surface area contributed by atoms with Crippen LogP contribution in [0.5, 0.6) is 17.2 Å². The Bertz CT molecular complexity index is 694. The van der Waals surface area contributed by atoms with E-state index in [0.717, 1.165) is 11.1 Å². The SMILES string of the molecule is COc1cc(OC)c(C(=O)OCc2cccc(C)c2)cc1OC. The fourth-order valence-electron chi connectivity index (χ4n) is 2.22. The number of carbonyl (C=O) groups is 1. The standard InChI is InChI=1S/C18H20O5/c1-12-6-5-7-13(8-12)11-23-18(19)14-9-16(21-3)17(22-4)10-15(14)20-2/h5-10H,11H2,1-4H3. The number of aryl methyl sites for hydroxylation is 1. The lowest BCUT2D eigenvalue weighted by Crippen LogP contribution is -2.08. The Morgan fingerprint density at radius 1 is 0.913 bits per heavy atom. The summed E-state index contributed by atoms with van der Waals surface area (Å²) in [5.74, 6) is 0.816. The summed E-state index contributed by atoms with van der Waals surface area (Å²) in [6.07, 6.45) is 0. The molecule has 0 bridgehead atoms. The average Bonchev–Trinajstić information content (AvgIpc) is 2.58. The first kappa shape index (κ1) is 16.7. The predicted molar refractivity (Wildman–Crippen MR) is 86.4 cm³/mol. The van der Waals surface area contributed by atoms with E-state index in [9.17, 15) is 4.79 Å². The van der Waals surface area contributed by atoms with Gasteiger partial charge in [0.25, 0.3) is 0 Å². The number of benzene rings is 2. The molecular weight excluding hydrogens is 296 g/mol. The minimum atomic E-state index is -0.482. The van der Waals surface area contributed by atoms with Gasteiger partial charge in [-0.2, -0.15) is 0 Å². The zero-order chi connectivity index (χ0) is 16.8. The van der Waals surface area contributed by atoms with E-state index < -0.39 is 5.97 Å². The van der Waals surface area contributed by atoms with Crippen LogP contribution in [0, 0.1) is 6.92 Å². The number of esters is 1. The third kappa shape index (κ3) is 3.94. The molecule has 0 fully saturated rings. The fraction of sp³-hybridized carbons (Fsp3) is 0.278. The Kier molecular flexibility index (Phi) is 5.46. The smallest absolute Gasteiger partial charge is 0.342 e. The molecule has 2 aromatic carbocycles. The molecule has 0 aliphatic heterocycles. The van der Waals surface area contributed by atoms with Crippen LogP contribution < -0.4 is 14.2 Å². The summed E-state index contributed by atoms with van der Waals surface area (Å²) in [7, 11) is 4.51. The molecule has 23 heavy (non-hydrogen) atoms. The second kappa shape index (κ2) is 7.54. The molecule has 0 saturated heterocycles. The lowest BCUT2D eigenvalue weighted by Gasteiger charge is -2.13. The van der Waals surface area contributed by atoms with Crippen LogP contribution in [0.15, 0.2) is 36.4 Å². The van der Waals surface area contributed by atoms with Crippen LogP contribution in [0.4, 0.5) is 0 Å². The molecule has 0 heterocycles. The molecule has 2 aromatic rings. The Hall–Kier alpha value is -2.69. The first-order valence-electron chi connectivity index (χ1n) is 7.11. The Balaban J connectivity index is 2.21. The number of carbonyl (C=O) groups excluding carboxylic acids is 1. The van der Waals surface area contributed by atoms with Gasteiger partial charge in [-0.25, -0.2) is 4.79 Å². The van der Waals surface area contributed by atoms with Crippen molar-refractivity contribution in [1.29, 1.82) is 0 Å². The summed E-state index contributed by atoms with van der Waals surface area (Å²) < 4.78 is 21.0. The normalized spacial score (nSPS) is 10.1. The molecule has 2 rings (SSSR count). The molecule has 0 unspecified atom stereocenters. The van der Waals surface area contributed by atoms with Gasteiger partial charge in [0.15, 0.2) is 11.5 Å². The molecule has 0 spiro atoms. The molecule has 0 amide bonds. The number of ether oxygens (including phenoxy) is 4. The minimum absolute atomic E-state index is 0.192. The number of hydrogen-bond acceptors (Lipinski definition) is 5. The van der Waals surface area contributed by atoms with E-state index >= 15 is 0 Å². The van der Waals surface area contributed by atoms with Crippen molar-refractivity contribution in [2.24, 2.45) is 0 Å². The third-order valence-electron chi connectivity index (χ3n) is 3.38. The van der Waals surface area contributed by atoms with Gasteiger partial charge in [0.2, 0.25) is 0 Å². The third-order valence-corrected chi connectivity index (χ3v) is 3.38. The van der Waals surface area contributed by atoms with Crippen LogP contribution in [0.2, 0.25) is 0 Å². The van der Waals surface area contributed by atoms with Gasteiger partial charge in [0.1, 0.15) is 17.9 Å². The van der Waals surface area contributed by atoms with Crippen molar-refractivity contribution in [3.63, 3.8) is 0 Å². The number of rotatable bonds is 6. The van der Waals surface area contributed by atoms with Crippen LogP contribution in [0.25, 0.3) is 0 Å². The first-order valence-corrected chi connectivity index (χ1v) is 7.11. The van der Waals surface area contributed by atoms with E-state index in [1.165, 1.54) is 21.3 Å². The highest BCUT2D eigenvalue weighted by molar-refractivity contribution is 5.93. The highest BCUT2D eigenvalue weighted by Crippen LogP contribution is 2.35. The summed E-state index contributed by atoms with van der Waals surface area (Å²) in [6.45, 7) is 2.18. The summed E-state index contributed by atoms with van der Waals surface area (Å²) >= 11 is 0. The second-order valence-corrected chi connectivity index (χ2v) is 4.97. The Labute approximate surface area is 135 Å². The largest absolute Gasteiger partial charge is 0.496 e. The maximum absolute atomic E-state index is 12.4. The predicted octanol–water partition coefficient (Wildman–Crippen LogP) is 3.38. The maximum Gasteiger partial charge on any atom is 0.342 e. The van der Waals surface area contributed by atoms with E-state index in [0.29, 0.717) is 17.2 Å². The molecular formula is C18H20O5. The van der Waals surface area contributed by atoms with Crippen LogP contribution in [-0.2, 0) is 11.3 Å². The zero-order valence-corrected chi connectivity index (χ0v) is 13.7. The van der Waals surface area contributed by atoms with Crippen molar-refractivity contribution >= 4 is 5.97 Å². The van der Waals surface area contributed by atoms with Crippen molar-refractivity contribution in [3.8, 4) is 17.2 Å². The maximum atomic E-state index is 12.4. The Morgan fingerprint density at radius 2 is 1.57 bits per heavy atom. The molecule has 122 valence electrons. The van der Waals surface area contributed by atoms with Gasteiger partial charge in [-0.3, -0.25) is 0 Å². The fourth-order valence-corrected chi connectivity index (χ4v) is 2.22. The van der Waals surface area contributed by atoms with E-state index in [1.807, 2.05) is 31.2 Å². The van der Waals surface area contributed by atoms with Gasteiger partial charge in [0.05, 0.1) is 21.3 Å². The van der Waals surface area contributed by atoms with E-state index in [1.54, 1.807) is 12.1 Å². The topological polar surface area (TPSA) is 54.0 Å². The van der Waals surface area contributed by atoms with Crippen molar-refractivity contribution < 1.29 is 23.7 Å². The monoisotopic (exact) mass is 316 g/mol. The van der Waals surface area contributed by atoms with E-state index in [2.05, 4.69) is 0 Å². The molecule has 0 radical (unpaired) electrons. The number of hydrogen-bond donors (Lipinski definition) is 0. The molecule has 0 saturated carbocycles. The quantitative estimate of drug-likeness (QED) is 0.765. The van der Waals surface area contributed by atoms with Gasteiger partial charge < -0.3 is 18.9 Å². The summed E-state index contributed by atoms with van der Waals surface area (Å²) in [6, 6.07) is 10.9. The summed E-state index contributed by atoms with van der Waals surface area (Å²) in [5.41, 5.74) is 2.33. The van der Waals surface area contributed by atoms with Crippen molar-refractivity contribution in [1.82, 2.24) is 0 Å². The van der Waals surface area contributed by atoms with Crippen molar-refractivity contribution in [3.05, 3.63) is 53.1 Å². The lowest BCUT2D eigenvalue weighted by atomic mass is 10.1. The van der Waals surface area contributed by atoms with Crippen LogP contribution in [-0.4, -0.2) is 27.3 Å². The molecule has 5 nitrogen and oxygen atoms in total. The molecule has 0 aromatic heterocycles. The average molecular weight is 316 g/mol. The van der Waals surface area contributed by atoms with Crippen molar-refractivity contribution in [2.75, 3.05) is 21.3 Å². The lowest BCUT2D eigenvalue weighted by molar-refractivity contribution is 0.0468. The first-order chi connectivity index (χ1) is 11.1. The van der Waals surface area contributed by atoms with Crippen LogP contribution >= 0.6 is 0 Å². The van der Waals surface area contributed by atoms with Gasteiger partial charge in [0, 0.05) is 12.1 Å². The molecule has 0 atom stereocenters. The molecule has 5 heteroatoms. The van der Waals surface area contributed by atoms with Gasteiger partial charge in [-0.1, -0.05) is 29.8 Å². The van der Waals surface area contributed by atoms with Gasteiger partial charge in [-0.05, 0) is 12.5 Å². The summed E-state index contributed by atoms with van der Waals surface area (Å²) in [4.78, 5) is 12.4. The highest BCUT2D eigenvalue weighted by atomic mass is 16.5. The number of methoxy groups -OCH3 is 3.